The Balaban J connectivity index is 1.80. The summed E-state index contributed by atoms with van der Waals surface area (Å²) in [4.78, 5) is 16.2. The van der Waals surface area contributed by atoms with Crippen molar-refractivity contribution in [1.82, 2.24) is 19.3 Å². The quantitative estimate of drug-likeness (QED) is 0.753. The molecule has 1 N–H and O–H groups in total. The minimum Gasteiger partial charge on any atom is -0.329 e. The van der Waals surface area contributed by atoms with E-state index >= 15 is 0 Å². The summed E-state index contributed by atoms with van der Waals surface area (Å²) in [5, 5.41) is 3.90. The monoisotopic (exact) mass is 304 g/mol. The highest BCUT2D eigenvalue weighted by molar-refractivity contribution is 7.98. The first kappa shape index (κ1) is 13.7. The predicted molar refractivity (Wildman–Crippen MR) is 79.1 cm³/mol. The van der Waals surface area contributed by atoms with E-state index < -0.39 is 0 Å². The van der Waals surface area contributed by atoms with Gasteiger partial charge in [-0.1, -0.05) is 11.8 Å². The van der Waals surface area contributed by atoms with E-state index in [0.717, 1.165) is 10.9 Å². The lowest BCUT2D eigenvalue weighted by molar-refractivity contribution is 0.627. The molecule has 1 aromatic carbocycles. The third-order valence-corrected chi connectivity index (χ3v) is 4.10. The second-order valence-electron chi connectivity index (χ2n) is 4.54. The van der Waals surface area contributed by atoms with Crippen LogP contribution in [0.25, 0.3) is 5.69 Å². The standard InChI is InChI=1S/C14H13FN4OS/c1-18-7-6-16-14(18)21-9-11-8-13(20)19(17-11)12-4-2-10(15)3-5-12/h2-8,17H,9H2,1H3. The number of nitrogens with zero attached hydrogens (tertiary/aromatic N) is 3. The Hall–Kier alpha value is -2.28. The summed E-state index contributed by atoms with van der Waals surface area (Å²) < 4.78 is 16.2. The maximum Gasteiger partial charge on any atom is 0.271 e. The summed E-state index contributed by atoms with van der Waals surface area (Å²) in [5.41, 5.74) is 1.23. The van der Waals surface area contributed by atoms with Crippen LogP contribution in [0.3, 0.4) is 0 Å². The number of rotatable bonds is 4. The second-order valence-corrected chi connectivity index (χ2v) is 5.48. The normalized spacial score (nSPS) is 11.0. The van der Waals surface area contributed by atoms with Crippen molar-refractivity contribution >= 4 is 11.8 Å². The van der Waals surface area contributed by atoms with Gasteiger partial charge in [0, 0.05) is 37.0 Å². The van der Waals surface area contributed by atoms with Crippen molar-refractivity contribution in [3.63, 3.8) is 0 Å². The van der Waals surface area contributed by atoms with Gasteiger partial charge >= 0.3 is 0 Å². The molecule has 0 fully saturated rings. The number of H-pyrrole nitrogens is 1. The van der Waals surface area contributed by atoms with Gasteiger partial charge in [0.05, 0.1) is 5.69 Å². The van der Waals surface area contributed by atoms with Crippen LogP contribution >= 0.6 is 11.8 Å². The molecule has 0 bridgehead atoms. The fourth-order valence-electron chi connectivity index (χ4n) is 1.93. The number of benzene rings is 1. The van der Waals surface area contributed by atoms with Gasteiger partial charge in [-0.15, -0.1) is 0 Å². The molecule has 3 aromatic rings. The van der Waals surface area contributed by atoms with Gasteiger partial charge in [0.15, 0.2) is 5.16 Å². The summed E-state index contributed by atoms with van der Waals surface area (Å²) >= 11 is 1.53. The number of aromatic amines is 1. The molecule has 2 aromatic heterocycles. The molecule has 21 heavy (non-hydrogen) atoms. The molecule has 2 heterocycles. The number of nitrogens with one attached hydrogen (secondary N) is 1. The van der Waals surface area contributed by atoms with Gasteiger partial charge in [-0.25, -0.2) is 14.1 Å². The van der Waals surface area contributed by atoms with Gasteiger partial charge in [0.1, 0.15) is 5.82 Å². The first-order valence-corrected chi connectivity index (χ1v) is 7.29. The molecular formula is C14H13FN4OS. The van der Waals surface area contributed by atoms with E-state index in [0.29, 0.717) is 11.4 Å². The Morgan fingerprint density at radius 2 is 2.10 bits per heavy atom. The van der Waals surface area contributed by atoms with Crippen molar-refractivity contribution in [2.45, 2.75) is 10.9 Å². The zero-order valence-electron chi connectivity index (χ0n) is 11.3. The number of imidazole rings is 1. The van der Waals surface area contributed by atoms with Crippen LogP contribution in [-0.2, 0) is 12.8 Å². The maximum atomic E-state index is 12.9. The van der Waals surface area contributed by atoms with Crippen molar-refractivity contribution in [3.05, 3.63) is 64.6 Å². The lowest BCUT2D eigenvalue weighted by atomic mass is 10.3. The number of aromatic nitrogens is 4. The molecule has 0 unspecified atom stereocenters. The lowest BCUT2D eigenvalue weighted by Crippen LogP contribution is -2.13. The smallest absolute Gasteiger partial charge is 0.271 e. The zero-order valence-corrected chi connectivity index (χ0v) is 12.1. The molecule has 0 aliphatic carbocycles. The van der Waals surface area contributed by atoms with Crippen molar-refractivity contribution in [1.29, 1.82) is 0 Å². The van der Waals surface area contributed by atoms with E-state index in [2.05, 4.69) is 10.1 Å². The molecule has 0 aliphatic rings. The largest absolute Gasteiger partial charge is 0.329 e. The highest BCUT2D eigenvalue weighted by Crippen LogP contribution is 2.19. The van der Waals surface area contributed by atoms with Crippen LogP contribution < -0.4 is 5.56 Å². The van der Waals surface area contributed by atoms with E-state index in [1.54, 1.807) is 24.4 Å². The molecular weight excluding hydrogens is 291 g/mol. The lowest BCUT2D eigenvalue weighted by Gasteiger charge is -2.02. The molecule has 0 amide bonds. The Labute approximate surface area is 124 Å². The van der Waals surface area contributed by atoms with Gasteiger partial charge in [-0.3, -0.25) is 9.89 Å². The van der Waals surface area contributed by atoms with Crippen molar-refractivity contribution < 1.29 is 4.39 Å². The summed E-state index contributed by atoms with van der Waals surface area (Å²) in [6.45, 7) is 0. The maximum absolute atomic E-state index is 12.9. The minimum absolute atomic E-state index is 0.169. The Morgan fingerprint density at radius 3 is 2.76 bits per heavy atom. The fourth-order valence-corrected chi connectivity index (χ4v) is 2.77. The van der Waals surface area contributed by atoms with Crippen LogP contribution in [0.15, 0.2) is 52.7 Å². The van der Waals surface area contributed by atoms with E-state index in [-0.39, 0.29) is 11.4 Å². The molecule has 0 saturated heterocycles. The second kappa shape index (κ2) is 5.61. The van der Waals surface area contributed by atoms with Crippen LogP contribution in [0.5, 0.6) is 0 Å². The van der Waals surface area contributed by atoms with Crippen molar-refractivity contribution in [3.8, 4) is 5.69 Å². The van der Waals surface area contributed by atoms with Crippen LogP contribution in [0.4, 0.5) is 4.39 Å². The van der Waals surface area contributed by atoms with E-state index in [9.17, 15) is 9.18 Å². The molecule has 0 aliphatic heterocycles. The highest BCUT2D eigenvalue weighted by Gasteiger charge is 2.07. The van der Waals surface area contributed by atoms with E-state index in [4.69, 9.17) is 0 Å². The van der Waals surface area contributed by atoms with Gasteiger partial charge in [-0.2, -0.15) is 0 Å². The average Bonchev–Trinajstić information content (AvgIpc) is 3.04. The SMILES string of the molecule is Cn1ccnc1SCc1cc(=O)n(-c2ccc(F)cc2)[nH]1. The number of hydrogen-bond acceptors (Lipinski definition) is 3. The number of hydrogen-bond donors (Lipinski definition) is 1. The van der Waals surface area contributed by atoms with Gasteiger partial charge < -0.3 is 4.57 Å². The van der Waals surface area contributed by atoms with Crippen molar-refractivity contribution in [2.24, 2.45) is 7.05 Å². The average molecular weight is 304 g/mol. The van der Waals surface area contributed by atoms with Crippen LogP contribution in [0, 0.1) is 5.82 Å². The minimum atomic E-state index is -0.330. The number of halogens is 1. The van der Waals surface area contributed by atoms with Gasteiger partial charge in [-0.05, 0) is 24.3 Å². The number of aryl methyl sites for hydroxylation is 1. The van der Waals surface area contributed by atoms with Crippen LogP contribution in [0.1, 0.15) is 5.69 Å². The van der Waals surface area contributed by atoms with Crippen LogP contribution in [0.2, 0.25) is 0 Å². The Bertz CT molecular complexity index is 803. The van der Waals surface area contributed by atoms with Crippen LogP contribution in [-0.4, -0.2) is 19.3 Å². The molecule has 108 valence electrons. The summed E-state index contributed by atoms with van der Waals surface area (Å²) in [7, 11) is 1.92. The molecule has 7 heteroatoms. The topological polar surface area (TPSA) is 55.6 Å². The highest BCUT2D eigenvalue weighted by atomic mass is 32.2. The molecule has 0 saturated carbocycles. The third-order valence-electron chi connectivity index (χ3n) is 2.99. The molecule has 0 atom stereocenters. The summed E-state index contributed by atoms with van der Waals surface area (Å²) in [6.07, 6.45) is 3.60. The predicted octanol–water partition coefficient (Wildman–Crippen LogP) is 2.33. The molecule has 3 rings (SSSR count). The van der Waals surface area contributed by atoms with E-state index in [1.165, 1.54) is 28.6 Å². The number of thioether (sulfide) groups is 1. The van der Waals surface area contributed by atoms with Gasteiger partial charge in [0.2, 0.25) is 0 Å². The fraction of sp³-hybridized carbons (Fsp3) is 0.143. The first-order chi connectivity index (χ1) is 10.1. The summed E-state index contributed by atoms with van der Waals surface area (Å²) in [5.74, 6) is 0.276. The third kappa shape index (κ3) is 2.92. The van der Waals surface area contributed by atoms with E-state index in [1.807, 2.05) is 17.8 Å². The first-order valence-electron chi connectivity index (χ1n) is 6.30. The Kier molecular flexibility index (Phi) is 3.66. The zero-order chi connectivity index (χ0) is 14.8. The Morgan fingerprint density at radius 1 is 1.33 bits per heavy atom. The molecule has 0 spiro atoms. The van der Waals surface area contributed by atoms with Crippen molar-refractivity contribution in [2.75, 3.05) is 0 Å². The summed E-state index contributed by atoms with van der Waals surface area (Å²) in [6, 6.07) is 7.31. The molecule has 5 nitrogen and oxygen atoms in total. The van der Waals surface area contributed by atoms with Gasteiger partial charge in [0.25, 0.3) is 5.56 Å². The molecule has 0 radical (unpaired) electrons.